The van der Waals surface area contributed by atoms with E-state index in [2.05, 4.69) is 118 Å². The van der Waals surface area contributed by atoms with Crippen molar-refractivity contribution in [2.24, 2.45) is 0 Å². The molecule has 0 spiro atoms. The highest BCUT2D eigenvalue weighted by atomic mass is 15.0. The zero-order chi connectivity index (χ0) is 32.2. The van der Waals surface area contributed by atoms with Gasteiger partial charge in [0.05, 0.1) is 50.6 Å². The van der Waals surface area contributed by atoms with Gasteiger partial charge in [0, 0.05) is 38.2 Å². The highest BCUT2D eigenvalue weighted by Crippen LogP contribution is 2.39. The number of para-hydroxylation sites is 5. The molecular formula is C44H26N4. The molecule has 0 unspecified atom stereocenters. The molecule has 0 fully saturated rings. The molecule has 4 heteroatoms. The van der Waals surface area contributed by atoms with Gasteiger partial charge in [0.1, 0.15) is 6.07 Å². The van der Waals surface area contributed by atoms with Crippen LogP contribution in [0.15, 0.2) is 158 Å². The van der Waals surface area contributed by atoms with Gasteiger partial charge in [-0.15, -0.1) is 0 Å². The Balaban J connectivity index is 1.23. The van der Waals surface area contributed by atoms with Crippen LogP contribution in [0.1, 0.15) is 11.1 Å². The van der Waals surface area contributed by atoms with Crippen molar-refractivity contribution < 1.29 is 0 Å². The fraction of sp³-hybridized carbons (Fsp3) is 0. The molecule has 0 bridgehead atoms. The number of benzene rings is 7. The standard InChI is InChI=1S/C44H26N4/c45-27-30-26-29(32-12-1-6-18-39(32)47-40-19-7-2-13-34(40)35-14-3-8-20-41(35)47)24-25-31(30)33-17-11-23-44(38(33)28-46)48-42-21-9-4-15-36(42)37-16-5-10-22-43(37)48/h1-26H. The fourth-order valence-electron chi connectivity index (χ4n) is 7.38. The first kappa shape index (κ1) is 27.4. The maximum Gasteiger partial charge on any atom is 0.102 e. The maximum atomic E-state index is 10.7. The second-order valence-electron chi connectivity index (χ2n) is 11.9. The number of aromatic nitrogens is 2. The van der Waals surface area contributed by atoms with Crippen LogP contribution < -0.4 is 0 Å². The molecule has 9 rings (SSSR count). The Bertz CT molecular complexity index is 2710. The molecule has 0 saturated heterocycles. The summed E-state index contributed by atoms with van der Waals surface area (Å²) >= 11 is 0. The van der Waals surface area contributed by atoms with Gasteiger partial charge in [0.2, 0.25) is 0 Å². The largest absolute Gasteiger partial charge is 0.309 e. The van der Waals surface area contributed by atoms with Gasteiger partial charge in [0.25, 0.3) is 0 Å². The highest BCUT2D eigenvalue weighted by Gasteiger charge is 2.20. The summed E-state index contributed by atoms with van der Waals surface area (Å²) in [5, 5.41) is 25.9. The SMILES string of the molecule is N#Cc1cc(-c2ccccc2-n2c3ccccc3c3ccccc32)ccc1-c1cccc(-n2c3ccccc3c3ccccc32)c1C#N. The topological polar surface area (TPSA) is 57.4 Å². The van der Waals surface area contributed by atoms with Crippen molar-refractivity contribution in [3.05, 3.63) is 169 Å². The van der Waals surface area contributed by atoms with E-state index >= 15 is 0 Å². The predicted octanol–water partition coefficient (Wildman–Crippen LogP) is 11.0. The van der Waals surface area contributed by atoms with E-state index in [1.807, 2.05) is 60.7 Å². The zero-order valence-electron chi connectivity index (χ0n) is 25.8. The van der Waals surface area contributed by atoms with Crippen LogP contribution in [0.4, 0.5) is 0 Å². The predicted molar refractivity (Wildman–Crippen MR) is 195 cm³/mol. The second-order valence-corrected chi connectivity index (χ2v) is 11.9. The Morgan fingerprint density at radius 3 is 1.38 bits per heavy atom. The Labute approximate surface area is 277 Å². The minimum atomic E-state index is 0.514. The number of hydrogen-bond donors (Lipinski definition) is 0. The molecule has 0 amide bonds. The van der Waals surface area contributed by atoms with Crippen molar-refractivity contribution in [3.8, 4) is 45.8 Å². The first-order chi connectivity index (χ1) is 23.8. The van der Waals surface area contributed by atoms with Crippen molar-refractivity contribution in [2.75, 3.05) is 0 Å². The number of nitrogens with zero attached hydrogens (tertiary/aromatic N) is 4. The Morgan fingerprint density at radius 1 is 0.375 bits per heavy atom. The number of hydrogen-bond acceptors (Lipinski definition) is 2. The summed E-state index contributed by atoms with van der Waals surface area (Å²) in [6.07, 6.45) is 0. The number of rotatable bonds is 4. The number of fused-ring (bicyclic) bond motifs is 6. The Hall–Kier alpha value is -6.88. The van der Waals surface area contributed by atoms with Gasteiger partial charge in [-0.25, -0.2) is 0 Å². The van der Waals surface area contributed by atoms with E-state index in [1.54, 1.807) is 0 Å². The van der Waals surface area contributed by atoms with Crippen molar-refractivity contribution >= 4 is 43.6 Å². The molecule has 0 saturated carbocycles. The van der Waals surface area contributed by atoms with Gasteiger partial charge in [-0.1, -0.05) is 115 Å². The summed E-state index contributed by atoms with van der Waals surface area (Å²) in [4.78, 5) is 0. The zero-order valence-corrected chi connectivity index (χ0v) is 25.8. The first-order valence-electron chi connectivity index (χ1n) is 15.9. The third-order valence-corrected chi connectivity index (χ3v) is 9.44. The van der Waals surface area contributed by atoms with Gasteiger partial charge < -0.3 is 9.13 Å². The molecule has 0 aliphatic rings. The number of nitriles is 2. The molecule has 9 aromatic rings. The molecule has 222 valence electrons. The lowest BCUT2D eigenvalue weighted by atomic mass is 9.92. The van der Waals surface area contributed by atoms with E-state index in [0.29, 0.717) is 11.1 Å². The van der Waals surface area contributed by atoms with E-state index in [9.17, 15) is 10.5 Å². The minimum absolute atomic E-state index is 0.514. The van der Waals surface area contributed by atoms with Crippen molar-refractivity contribution in [2.45, 2.75) is 0 Å². The molecule has 2 heterocycles. The van der Waals surface area contributed by atoms with Crippen LogP contribution in [0.25, 0.3) is 77.2 Å². The van der Waals surface area contributed by atoms with E-state index in [-0.39, 0.29) is 0 Å². The van der Waals surface area contributed by atoms with E-state index < -0.39 is 0 Å². The summed E-state index contributed by atoms with van der Waals surface area (Å²) in [7, 11) is 0. The van der Waals surface area contributed by atoms with E-state index in [1.165, 1.54) is 10.8 Å². The molecule has 2 aromatic heterocycles. The smallest absolute Gasteiger partial charge is 0.102 e. The Morgan fingerprint density at radius 2 is 0.833 bits per heavy atom. The molecule has 0 aliphatic carbocycles. The first-order valence-corrected chi connectivity index (χ1v) is 15.9. The summed E-state index contributed by atoms with van der Waals surface area (Å²) in [5.74, 6) is 0. The normalized spacial score (nSPS) is 11.3. The van der Waals surface area contributed by atoms with Gasteiger partial charge in [-0.2, -0.15) is 10.5 Å². The monoisotopic (exact) mass is 610 g/mol. The third kappa shape index (κ3) is 4.01. The van der Waals surface area contributed by atoms with Crippen LogP contribution in [0.3, 0.4) is 0 Å². The van der Waals surface area contributed by atoms with E-state index in [0.717, 1.165) is 66.5 Å². The van der Waals surface area contributed by atoms with Crippen LogP contribution in [0.5, 0.6) is 0 Å². The lowest BCUT2D eigenvalue weighted by molar-refractivity contribution is 1.17. The minimum Gasteiger partial charge on any atom is -0.309 e. The third-order valence-electron chi connectivity index (χ3n) is 9.44. The van der Waals surface area contributed by atoms with Crippen LogP contribution in [-0.4, -0.2) is 9.13 Å². The average Bonchev–Trinajstić information content (AvgIpc) is 3.67. The van der Waals surface area contributed by atoms with E-state index in [4.69, 9.17) is 0 Å². The quantitative estimate of drug-likeness (QED) is 0.199. The molecule has 48 heavy (non-hydrogen) atoms. The molecule has 4 nitrogen and oxygen atoms in total. The highest BCUT2D eigenvalue weighted by molar-refractivity contribution is 6.10. The van der Waals surface area contributed by atoms with Gasteiger partial charge in [-0.05, 0) is 48.0 Å². The average molecular weight is 611 g/mol. The van der Waals surface area contributed by atoms with Gasteiger partial charge in [0.15, 0.2) is 0 Å². The second kappa shape index (κ2) is 10.9. The van der Waals surface area contributed by atoms with Gasteiger partial charge >= 0.3 is 0 Å². The lowest BCUT2D eigenvalue weighted by Gasteiger charge is -2.16. The maximum absolute atomic E-state index is 10.7. The Kier molecular flexibility index (Phi) is 6.22. The summed E-state index contributed by atoms with van der Waals surface area (Å²) in [5.41, 5.74) is 10.6. The van der Waals surface area contributed by atoms with Crippen LogP contribution in [0, 0.1) is 22.7 Å². The van der Waals surface area contributed by atoms with Crippen LogP contribution in [0.2, 0.25) is 0 Å². The van der Waals surface area contributed by atoms with Gasteiger partial charge in [-0.3, -0.25) is 0 Å². The summed E-state index contributed by atoms with van der Waals surface area (Å²) in [6.45, 7) is 0. The lowest BCUT2D eigenvalue weighted by Crippen LogP contribution is -2.00. The van der Waals surface area contributed by atoms with Crippen LogP contribution >= 0.6 is 0 Å². The summed E-state index contributed by atoms with van der Waals surface area (Å²) < 4.78 is 4.47. The fourth-order valence-corrected chi connectivity index (χ4v) is 7.38. The van der Waals surface area contributed by atoms with Crippen LogP contribution in [-0.2, 0) is 0 Å². The van der Waals surface area contributed by atoms with Crippen molar-refractivity contribution in [1.29, 1.82) is 10.5 Å². The molecule has 0 aliphatic heterocycles. The molecular weight excluding hydrogens is 585 g/mol. The molecule has 7 aromatic carbocycles. The molecule has 0 N–H and O–H groups in total. The summed E-state index contributed by atoms with van der Waals surface area (Å²) in [6, 6.07) is 58.7. The molecule has 0 atom stereocenters. The van der Waals surface area contributed by atoms with Crippen molar-refractivity contribution in [1.82, 2.24) is 9.13 Å². The van der Waals surface area contributed by atoms with Crippen molar-refractivity contribution in [3.63, 3.8) is 0 Å². The molecule has 0 radical (unpaired) electrons.